The number of carbonyl (C=O) groups is 2. The third-order valence-electron chi connectivity index (χ3n) is 4.45. The Hall–Kier alpha value is -2.77. The smallest absolute Gasteiger partial charge is 0.262 e. The highest BCUT2D eigenvalue weighted by molar-refractivity contribution is 6.36. The van der Waals surface area contributed by atoms with E-state index < -0.39 is 17.9 Å². The van der Waals surface area contributed by atoms with Crippen molar-refractivity contribution in [1.82, 2.24) is 10.7 Å². The molecule has 2 amide bonds. The molecule has 1 unspecified atom stereocenters. The zero-order chi connectivity index (χ0) is 23.7. The van der Waals surface area contributed by atoms with E-state index in [-0.39, 0.29) is 16.5 Å². The molecule has 0 aliphatic carbocycles. The van der Waals surface area contributed by atoms with Gasteiger partial charge in [0.2, 0.25) is 0 Å². The van der Waals surface area contributed by atoms with Gasteiger partial charge in [-0.25, -0.2) is 5.43 Å². The van der Waals surface area contributed by atoms with E-state index in [1.807, 2.05) is 20.8 Å². The first-order valence-corrected chi connectivity index (χ1v) is 10.9. The molecule has 2 N–H and O–H groups in total. The van der Waals surface area contributed by atoms with E-state index in [9.17, 15) is 9.59 Å². The Labute approximate surface area is 198 Å². The van der Waals surface area contributed by atoms with Crippen molar-refractivity contribution >= 4 is 41.2 Å². The monoisotopic (exact) mass is 479 g/mol. The van der Waals surface area contributed by atoms with Gasteiger partial charge in [-0.3, -0.25) is 9.59 Å². The van der Waals surface area contributed by atoms with E-state index in [0.29, 0.717) is 28.7 Å². The quantitative estimate of drug-likeness (QED) is 0.381. The van der Waals surface area contributed by atoms with E-state index in [0.717, 1.165) is 6.42 Å². The lowest BCUT2D eigenvalue weighted by Crippen LogP contribution is -2.48. The van der Waals surface area contributed by atoms with Gasteiger partial charge in [-0.2, -0.15) is 5.10 Å². The van der Waals surface area contributed by atoms with Crippen molar-refractivity contribution in [3.05, 3.63) is 57.6 Å². The number of ether oxygens (including phenoxy) is 2. The topological polar surface area (TPSA) is 89.0 Å². The maximum absolute atomic E-state index is 12.6. The summed E-state index contributed by atoms with van der Waals surface area (Å²) in [5.74, 6) is 0.0941. The molecular weight excluding hydrogens is 453 g/mol. The standard InChI is InChI=1S/C23H27Cl2N3O4/c1-5-10-32-19-9-6-15(11-20(19)31-4)13-26-28-23(30)21(14(2)3)27-22(29)17-8-7-16(24)12-18(17)25/h6-9,11-14,21H,5,10H2,1-4H3,(H,27,29)(H,28,30)/b26-13-. The second-order valence-electron chi connectivity index (χ2n) is 7.31. The number of hydrogen-bond acceptors (Lipinski definition) is 5. The number of rotatable bonds is 10. The molecular formula is C23H27Cl2N3O4. The zero-order valence-corrected chi connectivity index (χ0v) is 20.0. The van der Waals surface area contributed by atoms with Crippen LogP contribution >= 0.6 is 23.2 Å². The van der Waals surface area contributed by atoms with Gasteiger partial charge in [-0.05, 0) is 54.3 Å². The van der Waals surface area contributed by atoms with Crippen LogP contribution in [0, 0.1) is 5.92 Å². The summed E-state index contributed by atoms with van der Waals surface area (Å²) >= 11 is 12.0. The van der Waals surface area contributed by atoms with Crippen molar-refractivity contribution in [1.29, 1.82) is 0 Å². The van der Waals surface area contributed by atoms with Crippen molar-refractivity contribution in [2.75, 3.05) is 13.7 Å². The Balaban J connectivity index is 2.05. The van der Waals surface area contributed by atoms with Crippen LogP contribution in [0.1, 0.15) is 43.1 Å². The number of benzene rings is 2. The van der Waals surface area contributed by atoms with E-state index in [4.69, 9.17) is 32.7 Å². The van der Waals surface area contributed by atoms with Gasteiger partial charge in [-0.15, -0.1) is 0 Å². The lowest BCUT2D eigenvalue weighted by molar-refractivity contribution is -0.123. The summed E-state index contributed by atoms with van der Waals surface area (Å²) in [5, 5.41) is 7.33. The summed E-state index contributed by atoms with van der Waals surface area (Å²) in [7, 11) is 1.56. The van der Waals surface area contributed by atoms with Gasteiger partial charge in [0.1, 0.15) is 6.04 Å². The Morgan fingerprint density at radius 1 is 1.12 bits per heavy atom. The van der Waals surface area contributed by atoms with Crippen LogP contribution in [-0.2, 0) is 4.79 Å². The first kappa shape index (κ1) is 25.5. The Morgan fingerprint density at radius 2 is 1.88 bits per heavy atom. The van der Waals surface area contributed by atoms with Crippen LogP contribution in [0.4, 0.5) is 0 Å². The minimum atomic E-state index is -0.814. The van der Waals surface area contributed by atoms with Crippen LogP contribution in [0.5, 0.6) is 11.5 Å². The molecule has 7 nitrogen and oxygen atoms in total. The summed E-state index contributed by atoms with van der Waals surface area (Å²) < 4.78 is 11.0. The zero-order valence-electron chi connectivity index (χ0n) is 18.4. The largest absolute Gasteiger partial charge is 0.493 e. The predicted molar refractivity (Wildman–Crippen MR) is 127 cm³/mol. The molecule has 0 aliphatic rings. The van der Waals surface area contributed by atoms with Crippen molar-refractivity contribution < 1.29 is 19.1 Å². The molecule has 0 aliphatic heterocycles. The number of hydrazone groups is 1. The molecule has 172 valence electrons. The van der Waals surface area contributed by atoms with Gasteiger partial charge in [-0.1, -0.05) is 44.0 Å². The second kappa shape index (κ2) is 12.3. The normalized spacial score (nSPS) is 12.0. The Morgan fingerprint density at radius 3 is 2.50 bits per heavy atom. The molecule has 0 radical (unpaired) electrons. The fraction of sp³-hybridized carbons (Fsp3) is 0.348. The summed E-state index contributed by atoms with van der Waals surface area (Å²) in [4.78, 5) is 25.2. The molecule has 0 saturated heterocycles. The maximum Gasteiger partial charge on any atom is 0.262 e. The predicted octanol–water partition coefficient (Wildman–Crippen LogP) is 4.70. The summed E-state index contributed by atoms with van der Waals surface area (Å²) in [6.07, 6.45) is 2.37. The first-order chi connectivity index (χ1) is 15.3. The summed E-state index contributed by atoms with van der Waals surface area (Å²) in [6, 6.07) is 9.06. The molecule has 0 bridgehead atoms. The fourth-order valence-corrected chi connectivity index (χ4v) is 3.26. The van der Waals surface area contributed by atoms with Crippen LogP contribution in [0.3, 0.4) is 0 Å². The Bertz CT molecular complexity index is 980. The molecule has 32 heavy (non-hydrogen) atoms. The number of carbonyl (C=O) groups excluding carboxylic acids is 2. The highest BCUT2D eigenvalue weighted by Crippen LogP contribution is 2.27. The molecule has 2 aromatic carbocycles. The van der Waals surface area contributed by atoms with E-state index >= 15 is 0 Å². The van der Waals surface area contributed by atoms with Crippen LogP contribution < -0.4 is 20.2 Å². The van der Waals surface area contributed by atoms with Gasteiger partial charge < -0.3 is 14.8 Å². The Kier molecular flexibility index (Phi) is 9.81. The van der Waals surface area contributed by atoms with Gasteiger partial charge in [0, 0.05) is 5.02 Å². The van der Waals surface area contributed by atoms with Crippen molar-refractivity contribution in [2.24, 2.45) is 11.0 Å². The summed E-state index contributed by atoms with van der Waals surface area (Å²) in [6.45, 7) is 6.24. The number of methoxy groups -OCH3 is 1. The third-order valence-corrected chi connectivity index (χ3v) is 5.00. The van der Waals surface area contributed by atoms with Crippen molar-refractivity contribution in [3.8, 4) is 11.5 Å². The van der Waals surface area contributed by atoms with Gasteiger partial charge >= 0.3 is 0 Å². The molecule has 0 fully saturated rings. The van der Waals surface area contributed by atoms with Gasteiger partial charge in [0.25, 0.3) is 11.8 Å². The average molecular weight is 480 g/mol. The highest BCUT2D eigenvalue weighted by atomic mass is 35.5. The molecule has 2 aromatic rings. The lowest BCUT2D eigenvalue weighted by atomic mass is 10.0. The maximum atomic E-state index is 12.6. The van der Waals surface area contributed by atoms with E-state index in [1.165, 1.54) is 18.3 Å². The second-order valence-corrected chi connectivity index (χ2v) is 8.16. The minimum absolute atomic E-state index is 0.185. The van der Waals surface area contributed by atoms with Crippen molar-refractivity contribution in [2.45, 2.75) is 33.2 Å². The molecule has 0 saturated carbocycles. The minimum Gasteiger partial charge on any atom is -0.493 e. The third kappa shape index (κ3) is 7.14. The lowest BCUT2D eigenvalue weighted by Gasteiger charge is -2.20. The average Bonchev–Trinajstić information content (AvgIpc) is 2.75. The van der Waals surface area contributed by atoms with Crippen LogP contribution in [0.15, 0.2) is 41.5 Å². The molecule has 9 heteroatoms. The molecule has 0 heterocycles. The first-order valence-electron chi connectivity index (χ1n) is 10.2. The van der Waals surface area contributed by atoms with E-state index in [1.54, 1.807) is 31.4 Å². The number of nitrogens with one attached hydrogen (secondary N) is 2. The van der Waals surface area contributed by atoms with Gasteiger partial charge in [0.05, 0.1) is 30.5 Å². The van der Waals surface area contributed by atoms with Crippen LogP contribution in [-0.4, -0.2) is 37.8 Å². The number of hydrogen-bond donors (Lipinski definition) is 2. The molecule has 2 rings (SSSR count). The van der Waals surface area contributed by atoms with Crippen LogP contribution in [0.2, 0.25) is 10.0 Å². The van der Waals surface area contributed by atoms with Crippen molar-refractivity contribution in [3.63, 3.8) is 0 Å². The van der Waals surface area contributed by atoms with Crippen LogP contribution in [0.25, 0.3) is 0 Å². The number of halogens is 2. The van der Waals surface area contributed by atoms with Gasteiger partial charge in [0.15, 0.2) is 11.5 Å². The number of nitrogens with zero attached hydrogens (tertiary/aromatic N) is 1. The SMILES string of the molecule is CCCOc1ccc(/C=N\NC(=O)C(NC(=O)c2ccc(Cl)cc2Cl)C(C)C)cc1OC. The number of amides is 2. The summed E-state index contributed by atoms with van der Waals surface area (Å²) in [5.41, 5.74) is 3.41. The highest BCUT2D eigenvalue weighted by Gasteiger charge is 2.25. The molecule has 1 atom stereocenters. The molecule has 0 spiro atoms. The van der Waals surface area contributed by atoms with E-state index in [2.05, 4.69) is 15.8 Å². The fourth-order valence-electron chi connectivity index (χ4n) is 2.76. The molecule has 0 aromatic heterocycles.